The van der Waals surface area contributed by atoms with Gasteiger partial charge in [-0.25, -0.2) is 5.84 Å². The molecule has 0 aliphatic carbocycles. The Balaban J connectivity index is 2.48. The van der Waals surface area contributed by atoms with E-state index >= 15 is 0 Å². The first-order chi connectivity index (χ1) is 8.19. The zero-order chi connectivity index (χ0) is 12.7. The molecule has 17 heavy (non-hydrogen) atoms. The summed E-state index contributed by atoms with van der Waals surface area (Å²) in [5.41, 5.74) is 2.08. The van der Waals surface area contributed by atoms with Gasteiger partial charge in [-0.3, -0.25) is 19.9 Å². The highest BCUT2D eigenvalue weighted by molar-refractivity contribution is 6.02. The van der Waals surface area contributed by atoms with Crippen molar-refractivity contribution in [1.29, 1.82) is 0 Å². The highest BCUT2D eigenvalue weighted by atomic mass is 16.2. The number of Topliss-reactive ketones (excluding diaryl/α,β-unsaturated/α-hetero) is 1. The van der Waals surface area contributed by atoms with Crippen molar-refractivity contribution in [2.45, 2.75) is 19.8 Å². The monoisotopic (exact) mass is 242 g/mol. The Morgan fingerprint density at radius 3 is 2.59 bits per heavy atom. The Bertz CT molecular complexity index is 264. The normalized spacial score (nSPS) is 18.7. The van der Waals surface area contributed by atoms with Crippen molar-refractivity contribution in [1.82, 2.24) is 15.6 Å². The molecule has 0 bridgehead atoms. The first-order valence-corrected chi connectivity index (χ1v) is 6.15. The maximum absolute atomic E-state index is 12.0. The number of nitrogens with two attached hydrogens (primary N) is 1. The first kappa shape index (κ1) is 14.1. The van der Waals surface area contributed by atoms with Crippen molar-refractivity contribution < 1.29 is 9.59 Å². The van der Waals surface area contributed by atoms with Gasteiger partial charge in [0.15, 0.2) is 5.78 Å². The van der Waals surface area contributed by atoms with Gasteiger partial charge in [0.2, 0.25) is 5.91 Å². The number of carbonyl (C=O) groups is 2. The Morgan fingerprint density at radius 2 is 2.06 bits per heavy atom. The summed E-state index contributed by atoms with van der Waals surface area (Å²) in [5, 5.41) is 3.22. The number of nitrogens with one attached hydrogen (secondary N) is 2. The van der Waals surface area contributed by atoms with E-state index in [4.69, 9.17) is 5.84 Å². The fourth-order valence-electron chi connectivity index (χ4n) is 2.03. The van der Waals surface area contributed by atoms with Gasteiger partial charge >= 0.3 is 0 Å². The summed E-state index contributed by atoms with van der Waals surface area (Å²) in [6.45, 7) is 5.81. The van der Waals surface area contributed by atoms with Crippen molar-refractivity contribution >= 4 is 11.7 Å². The molecule has 0 aromatic carbocycles. The number of carbonyl (C=O) groups excluding carboxylic acids is 2. The minimum absolute atomic E-state index is 0.0308. The van der Waals surface area contributed by atoms with E-state index in [1.165, 1.54) is 0 Å². The third-order valence-electron chi connectivity index (χ3n) is 3.01. The molecule has 1 rings (SSSR count). The molecule has 98 valence electrons. The molecule has 1 amide bonds. The number of ketones is 1. The molecule has 4 N–H and O–H groups in total. The van der Waals surface area contributed by atoms with Gasteiger partial charge in [0.05, 0.1) is 12.5 Å². The third-order valence-corrected chi connectivity index (χ3v) is 3.01. The van der Waals surface area contributed by atoms with Crippen LogP contribution in [0.4, 0.5) is 0 Å². The molecule has 1 aliphatic rings. The van der Waals surface area contributed by atoms with E-state index in [0.29, 0.717) is 13.0 Å². The lowest BCUT2D eigenvalue weighted by atomic mass is 9.97. The molecule has 0 aromatic rings. The second-order valence-electron chi connectivity index (χ2n) is 4.34. The van der Waals surface area contributed by atoms with Crippen molar-refractivity contribution in [3.05, 3.63) is 0 Å². The zero-order valence-electron chi connectivity index (χ0n) is 10.4. The summed E-state index contributed by atoms with van der Waals surface area (Å²) < 4.78 is 0. The molecule has 0 saturated carbocycles. The number of rotatable bonds is 6. The van der Waals surface area contributed by atoms with Crippen molar-refractivity contribution in [3.8, 4) is 0 Å². The zero-order valence-corrected chi connectivity index (χ0v) is 10.4. The van der Waals surface area contributed by atoms with Crippen LogP contribution in [0, 0.1) is 5.92 Å². The lowest BCUT2D eigenvalue weighted by Gasteiger charge is -2.27. The largest absolute Gasteiger partial charge is 0.314 e. The Morgan fingerprint density at radius 1 is 1.41 bits per heavy atom. The van der Waals surface area contributed by atoms with Crippen LogP contribution in [0.2, 0.25) is 0 Å². The topological polar surface area (TPSA) is 87.5 Å². The minimum Gasteiger partial charge on any atom is -0.314 e. The standard InChI is InChI=1S/C11H22N4O2/c1-2-3-9(11(17)14-12)10(16)8-15-6-4-13-5-7-15/h9,13H,2-8,12H2,1H3,(H,14,17). The Hall–Kier alpha value is -0.980. The summed E-state index contributed by atoms with van der Waals surface area (Å²) in [7, 11) is 0. The van der Waals surface area contributed by atoms with Crippen LogP contribution < -0.4 is 16.6 Å². The van der Waals surface area contributed by atoms with Gasteiger partial charge in [0, 0.05) is 26.2 Å². The van der Waals surface area contributed by atoms with Crippen molar-refractivity contribution in [3.63, 3.8) is 0 Å². The smallest absolute Gasteiger partial charge is 0.244 e. The molecule has 1 atom stereocenters. The van der Waals surface area contributed by atoms with E-state index in [2.05, 4.69) is 15.6 Å². The molecule has 6 heteroatoms. The number of hydrazine groups is 1. The maximum Gasteiger partial charge on any atom is 0.244 e. The highest BCUT2D eigenvalue weighted by Crippen LogP contribution is 2.09. The van der Waals surface area contributed by atoms with Crippen LogP contribution in [-0.2, 0) is 9.59 Å². The van der Waals surface area contributed by atoms with Crippen LogP contribution >= 0.6 is 0 Å². The molecule has 1 saturated heterocycles. The van der Waals surface area contributed by atoms with E-state index in [-0.39, 0.29) is 11.7 Å². The van der Waals surface area contributed by atoms with Gasteiger partial charge in [-0.05, 0) is 6.42 Å². The minimum atomic E-state index is -0.597. The number of hydrogen-bond acceptors (Lipinski definition) is 5. The van der Waals surface area contributed by atoms with Gasteiger partial charge in [-0.1, -0.05) is 13.3 Å². The predicted molar refractivity (Wildman–Crippen MR) is 65.0 cm³/mol. The first-order valence-electron chi connectivity index (χ1n) is 6.15. The fourth-order valence-corrected chi connectivity index (χ4v) is 2.03. The average molecular weight is 242 g/mol. The molecule has 6 nitrogen and oxygen atoms in total. The predicted octanol–water partition coefficient (Wildman–Crippen LogP) is -1.13. The van der Waals surface area contributed by atoms with Crippen molar-refractivity contribution in [2.75, 3.05) is 32.7 Å². The van der Waals surface area contributed by atoms with Crippen LogP contribution in [0.25, 0.3) is 0 Å². The number of nitrogens with zero attached hydrogens (tertiary/aromatic N) is 1. The second kappa shape index (κ2) is 7.37. The molecule has 0 aromatic heterocycles. The van der Waals surface area contributed by atoms with Gasteiger partial charge in [0.25, 0.3) is 0 Å². The molecule has 1 unspecified atom stereocenters. The maximum atomic E-state index is 12.0. The van der Waals surface area contributed by atoms with Crippen LogP contribution in [0.3, 0.4) is 0 Å². The van der Waals surface area contributed by atoms with E-state index in [1.807, 2.05) is 6.92 Å². The average Bonchev–Trinajstić information content (AvgIpc) is 2.36. The highest BCUT2D eigenvalue weighted by Gasteiger charge is 2.26. The molecular weight excluding hydrogens is 220 g/mol. The molecule has 0 spiro atoms. The fraction of sp³-hybridized carbons (Fsp3) is 0.818. The molecule has 1 aliphatic heterocycles. The van der Waals surface area contributed by atoms with E-state index in [0.717, 1.165) is 32.6 Å². The lowest BCUT2D eigenvalue weighted by Crippen LogP contribution is -2.48. The van der Waals surface area contributed by atoms with Gasteiger partial charge in [0.1, 0.15) is 0 Å². The molecule has 0 radical (unpaired) electrons. The quantitative estimate of drug-likeness (QED) is 0.237. The molecule has 1 fully saturated rings. The van der Waals surface area contributed by atoms with Gasteiger partial charge in [-0.15, -0.1) is 0 Å². The molecular formula is C11H22N4O2. The third kappa shape index (κ3) is 4.41. The Labute approximate surface area is 102 Å². The van der Waals surface area contributed by atoms with Crippen molar-refractivity contribution in [2.24, 2.45) is 11.8 Å². The Kier molecular flexibility index (Phi) is 6.10. The van der Waals surface area contributed by atoms with Crippen LogP contribution in [-0.4, -0.2) is 49.3 Å². The molecule has 1 heterocycles. The summed E-state index contributed by atoms with van der Waals surface area (Å²) in [6.07, 6.45) is 1.36. The van der Waals surface area contributed by atoms with E-state index in [1.54, 1.807) is 0 Å². The van der Waals surface area contributed by atoms with Gasteiger partial charge < -0.3 is 5.32 Å². The summed E-state index contributed by atoms with van der Waals surface area (Å²) in [6, 6.07) is 0. The summed E-state index contributed by atoms with van der Waals surface area (Å²) >= 11 is 0. The summed E-state index contributed by atoms with van der Waals surface area (Å²) in [5.74, 6) is 4.10. The van der Waals surface area contributed by atoms with E-state index < -0.39 is 5.92 Å². The SMILES string of the molecule is CCCC(C(=O)CN1CCNCC1)C(=O)NN. The van der Waals surface area contributed by atoms with Crippen LogP contribution in [0.15, 0.2) is 0 Å². The van der Waals surface area contributed by atoms with E-state index in [9.17, 15) is 9.59 Å². The van der Waals surface area contributed by atoms with Crippen LogP contribution in [0.5, 0.6) is 0 Å². The number of hydrogen-bond donors (Lipinski definition) is 3. The van der Waals surface area contributed by atoms with Gasteiger partial charge in [-0.2, -0.15) is 0 Å². The van der Waals surface area contributed by atoms with Crippen LogP contribution in [0.1, 0.15) is 19.8 Å². The number of piperazine rings is 1. The second-order valence-corrected chi connectivity index (χ2v) is 4.34. The number of amides is 1. The summed E-state index contributed by atoms with van der Waals surface area (Å²) in [4.78, 5) is 25.6. The lowest BCUT2D eigenvalue weighted by molar-refractivity contribution is -0.135.